The molecule has 2 unspecified atom stereocenters. The van der Waals surface area contributed by atoms with E-state index in [0.717, 1.165) is 12.8 Å². The number of hydrogen-bond acceptors (Lipinski definition) is 8. The van der Waals surface area contributed by atoms with E-state index in [9.17, 15) is 19.5 Å². The summed E-state index contributed by atoms with van der Waals surface area (Å²) in [6, 6.07) is -1.75. The Morgan fingerprint density at radius 1 is 1.29 bits per heavy atom. The van der Waals surface area contributed by atoms with Crippen LogP contribution in [0.4, 0.5) is 0 Å². The summed E-state index contributed by atoms with van der Waals surface area (Å²) < 4.78 is 10.7. The number of carbonyl (C=O) groups excluding carboxylic acids is 2. The topological polar surface area (TPSA) is 119 Å². The fourth-order valence-electron chi connectivity index (χ4n) is 3.42. The standard InChI is InChI=1S/C19H34N2O6S/c1-4-6-10-26-11-12-28-13-15(17(23)27-5-2)21-9-7-8-19(21,18(24)25)16(22)14(3)20/h14-15H,4-13,20H2,1-3H3,(H,24,25)/t14?,15-,19?/m0/s1. The molecule has 0 saturated carbocycles. The molecule has 1 rings (SSSR count). The fourth-order valence-corrected chi connectivity index (χ4v) is 4.36. The van der Waals surface area contributed by atoms with Gasteiger partial charge in [0.05, 0.1) is 19.3 Å². The van der Waals surface area contributed by atoms with Crippen LogP contribution in [0, 0.1) is 0 Å². The van der Waals surface area contributed by atoms with Crippen LogP contribution in [0.15, 0.2) is 0 Å². The number of carboxylic acid groups (broad SMARTS) is 1. The summed E-state index contributed by atoms with van der Waals surface area (Å²) in [7, 11) is 0. The third kappa shape index (κ3) is 6.17. The van der Waals surface area contributed by atoms with Crippen LogP contribution < -0.4 is 5.73 Å². The molecule has 0 aromatic heterocycles. The van der Waals surface area contributed by atoms with Crippen LogP contribution in [0.1, 0.15) is 46.5 Å². The van der Waals surface area contributed by atoms with Gasteiger partial charge in [0.2, 0.25) is 0 Å². The van der Waals surface area contributed by atoms with Crippen molar-refractivity contribution in [3.05, 3.63) is 0 Å². The van der Waals surface area contributed by atoms with Crippen LogP contribution in [-0.4, -0.2) is 83.2 Å². The number of hydrogen-bond donors (Lipinski definition) is 2. The second-order valence-electron chi connectivity index (χ2n) is 6.92. The molecule has 162 valence electrons. The zero-order valence-electron chi connectivity index (χ0n) is 17.1. The SMILES string of the molecule is CCCCOCCSC[C@@H](C(=O)OCC)N1CCCC1(C(=O)O)C(=O)C(C)N. The first-order chi connectivity index (χ1) is 13.3. The first kappa shape index (κ1) is 24.9. The third-order valence-corrected chi connectivity index (χ3v) is 5.83. The smallest absolute Gasteiger partial charge is 0.332 e. The Balaban J connectivity index is 2.91. The number of nitrogens with two attached hydrogens (primary N) is 1. The molecule has 0 radical (unpaired) electrons. The molecule has 0 bridgehead atoms. The first-order valence-corrected chi connectivity index (χ1v) is 11.1. The number of rotatable bonds is 14. The van der Waals surface area contributed by atoms with E-state index in [0.29, 0.717) is 37.7 Å². The molecule has 1 fully saturated rings. The maximum absolute atomic E-state index is 12.8. The molecule has 3 atom stereocenters. The molecule has 28 heavy (non-hydrogen) atoms. The number of carboxylic acids is 1. The van der Waals surface area contributed by atoms with Gasteiger partial charge in [-0.3, -0.25) is 14.5 Å². The average Bonchev–Trinajstić information content (AvgIpc) is 3.09. The Hall–Kier alpha value is -1.16. The highest BCUT2D eigenvalue weighted by molar-refractivity contribution is 7.99. The van der Waals surface area contributed by atoms with Gasteiger partial charge >= 0.3 is 11.9 Å². The minimum Gasteiger partial charge on any atom is -0.480 e. The van der Waals surface area contributed by atoms with E-state index >= 15 is 0 Å². The summed E-state index contributed by atoms with van der Waals surface area (Å²) in [5.41, 5.74) is 3.96. The van der Waals surface area contributed by atoms with Crippen LogP contribution in [0.3, 0.4) is 0 Å². The summed E-state index contributed by atoms with van der Waals surface area (Å²) in [6.45, 7) is 7.06. The molecular formula is C19H34N2O6S. The zero-order valence-corrected chi connectivity index (χ0v) is 18.0. The second-order valence-corrected chi connectivity index (χ2v) is 8.07. The van der Waals surface area contributed by atoms with Gasteiger partial charge in [-0.25, -0.2) is 4.79 Å². The molecule has 1 aliphatic rings. The molecule has 1 saturated heterocycles. The number of ketones is 1. The highest BCUT2D eigenvalue weighted by atomic mass is 32.2. The molecule has 0 aliphatic carbocycles. The molecule has 1 aliphatic heterocycles. The maximum atomic E-state index is 12.8. The molecular weight excluding hydrogens is 384 g/mol. The number of nitrogens with zero attached hydrogens (tertiary/aromatic N) is 1. The molecule has 0 aromatic rings. The van der Waals surface area contributed by atoms with Gasteiger partial charge in [-0.05, 0) is 33.1 Å². The Labute approximate surface area is 171 Å². The lowest BCUT2D eigenvalue weighted by Gasteiger charge is -2.38. The number of esters is 1. The highest BCUT2D eigenvalue weighted by Crippen LogP contribution is 2.35. The lowest BCUT2D eigenvalue weighted by atomic mass is 9.86. The van der Waals surface area contributed by atoms with Gasteiger partial charge < -0.3 is 20.3 Å². The number of carbonyl (C=O) groups is 3. The molecule has 3 N–H and O–H groups in total. The fraction of sp³-hybridized carbons (Fsp3) is 0.842. The monoisotopic (exact) mass is 418 g/mol. The Morgan fingerprint density at radius 2 is 2.00 bits per heavy atom. The average molecular weight is 419 g/mol. The van der Waals surface area contributed by atoms with Crippen molar-refractivity contribution in [2.75, 3.05) is 37.9 Å². The normalized spacial score (nSPS) is 22.0. The zero-order chi connectivity index (χ0) is 21.2. The number of likely N-dealkylation sites (tertiary alicyclic amines) is 1. The molecule has 0 aromatic carbocycles. The van der Waals surface area contributed by atoms with Crippen molar-refractivity contribution < 1.29 is 29.0 Å². The van der Waals surface area contributed by atoms with Gasteiger partial charge in [-0.15, -0.1) is 0 Å². The molecule has 0 amide bonds. The minimum absolute atomic E-state index is 0.142. The predicted molar refractivity (Wildman–Crippen MR) is 108 cm³/mol. The van der Waals surface area contributed by atoms with Crippen molar-refractivity contribution in [3.8, 4) is 0 Å². The van der Waals surface area contributed by atoms with E-state index in [-0.39, 0.29) is 13.0 Å². The van der Waals surface area contributed by atoms with Crippen molar-refractivity contribution >= 4 is 29.5 Å². The van der Waals surface area contributed by atoms with E-state index in [1.807, 2.05) is 0 Å². The number of aliphatic carboxylic acids is 1. The predicted octanol–water partition coefficient (Wildman–Crippen LogP) is 1.30. The summed E-state index contributed by atoms with van der Waals surface area (Å²) >= 11 is 1.49. The van der Waals surface area contributed by atoms with E-state index in [1.54, 1.807) is 6.92 Å². The van der Waals surface area contributed by atoms with Crippen LogP contribution in [0.5, 0.6) is 0 Å². The minimum atomic E-state index is -1.77. The van der Waals surface area contributed by atoms with Crippen molar-refractivity contribution in [1.82, 2.24) is 4.90 Å². The van der Waals surface area contributed by atoms with E-state index in [4.69, 9.17) is 15.2 Å². The van der Waals surface area contributed by atoms with Gasteiger partial charge in [0.25, 0.3) is 0 Å². The van der Waals surface area contributed by atoms with Crippen LogP contribution in [0.2, 0.25) is 0 Å². The highest BCUT2D eigenvalue weighted by Gasteiger charge is 2.57. The van der Waals surface area contributed by atoms with E-state index < -0.39 is 35.3 Å². The lowest BCUT2D eigenvalue weighted by Crippen LogP contribution is -2.65. The first-order valence-electron chi connectivity index (χ1n) is 9.95. The third-order valence-electron chi connectivity index (χ3n) is 4.83. The van der Waals surface area contributed by atoms with Gasteiger partial charge in [-0.2, -0.15) is 11.8 Å². The quantitative estimate of drug-likeness (QED) is 0.244. The lowest BCUT2D eigenvalue weighted by molar-refractivity contribution is -0.162. The molecule has 8 nitrogen and oxygen atoms in total. The van der Waals surface area contributed by atoms with Crippen LogP contribution in [0.25, 0.3) is 0 Å². The Bertz CT molecular complexity index is 531. The van der Waals surface area contributed by atoms with Gasteiger partial charge in [0.1, 0.15) is 6.04 Å². The van der Waals surface area contributed by atoms with Gasteiger partial charge in [0.15, 0.2) is 11.3 Å². The van der Waals surface area contributed by atoms with Crippen molar-refractivity contribution in [1.29, 1.82) is 0 Å². The number of unbranched alkanes of at least 4 members (excludes halogenated alkanes) is 1. The summed E-state index contributed by atoms with van der Waals surface area (Å²) in [5.74, 6) is -1.33. The Kier molecular flexibility index (Phi) is 11.0. The molecule has 9 heteroatoms. The second kappa shape index (κ2) is 12.4. The molecule has 1 heterocycles. The number of thioether (sulfide) groups is 1. The summed E-state index contributed by atoms with van der Waals surface area (Å²) in [4.78, 5) is 39.0. The van der Waals surface area contributed by atoms with Crippen molar-refractivity contribution in [2.24, 2.45) is 5.73 Å². The van der Waals surface area contributed by atoms with Crippen molar-refractivity contribution in [2.45, 2.75) is 64.1 Å². The number of Topliss-reactive ketones (excluding diaryl/α,β-unsaturated/α-hetero) is 1. The van der Waals surface area contributed by atoms with Gasteiger partial charge in [-0.1, -0.05) is 13.3 Å². The van der Waals surface area contributed by atoms with Crippen LogP contribution in [-0.2, 0) is 23.9 Å². The van der Waals surface area contributed by atoms with E-state index in [2.05, 4.69) is 6.92 Å². The summed E-state index contributed by atoms with van der Waals surface area (Å²) in [5, 5.41) is 9.91. The van der Waals surface area contributed by atoms with Gasteiger partial charge in [0, 0.05) is 24.7 Å². The Morgan fingerprint density at radius 3 is 2.57 bits per heavy atom. The number of ether oxygens (including phenoxy) is 2. The summed E-state index contributed by atoms with van der Waals surface area (Å²) in [6.07, 6.45) is 2.72. The van der Waals surface area contributed by atoms with Crippen LogP contribution >= 0.6 is 11.8 Å². The molecule has 0 spiro atoms. The maximum Gasteiger partial charge on any atom is 0.332 e. The van der Waals surface area contributed by atoms with E-state index in [1.165, 1.54) is 23.6 Å². The largest absolute Gasteiger partial charge is 0.480 e. The van der Waals surface area contributed by atoms with Crippen molar-refractivity contribution in [3.63, 3.8) is 0 Å².